The third kappa shape index (κ3) is 2.79. The van der Waals surface area contributed by atoms with Gasteiger partial charge in [-0.3, -0.25) is 4.79 Å². The van der Waals surface area contributed by atoms with Gasteiger partial charge in [0.2, 0.25) is 5.91 Å². The Labute approximate surface area is 107 Å². The number of nitrogens with zero attached hydrogens (tertiary/aromatic N) is 2. The number of hydrogen-bond donors (Lipinski definition) is 2. The fourth-order valence-corrected chi connectivity index (χ4v) is 1.96. The highest BCUT2D eigenvalue weighted by Gasteiger charge is 2.24. The molecule has 0 aromatic carbocycles. The summed E-state index contributed by atoms with van der Waals surface area (Å²) in [6, 6.07) is 3.68. The summed E-state index contributed by atoms with van der Waals surface area (Å²) in [7, 11) is 0. The van der Waals surface area contributed by atoms with E-state index in [-0.39, 0.29) is 5.91 Å². The maximum atomic E-state index is 11.9. The van der Waals surface area contributed by atoms with Crippen LogP contribution in [0.3, 0.4) is 0 Å². The van der Waals surface area contributed by atoms with Crippen LogP contribution in [0.25, 0.3) is 0 Å². The molecule has 2 rings (SSSR count). The predicted molar refractivity (Wildman–Crippen MR) is 72.6 cm³/mol. The SMILES string of the molecule is CC(C)(N)C(=O)Nc1cccnc1N1CCCC1. The molecule has 2 heterocycles. The van der Waals surface area contributed by atoms with Gasteiger partial charge in [0.25, 0.3) is 0 Å². The van der Waals surface area contributed by atoms with Crippen LogP contribution >= 0.6 is 0 Å². The van der Waals surface area contributed by atoms with Gasteiger partial charge in [0.1, 0.15) is 0 Å². The molecule has 0 aliphatic carbocycles. The zero-order valence-electron chi connectivity index (χ0n) is 10.9. The largest absolute Gasteiger partial charge is 0.355 e. The highest BCUT2D eigenvalue weighted by molar-refractivity contribution is 5.99. The van der Waals surface area contributed by atoms with Crippen molar-refractivity contribution in [3.8, 4) is 0 Å². The molecule has 1 aliphatic rings. The quantitative estimate of drug-likeness (QED) is 0.847. The molecule has 98 valence electrons. The Balaban J connectivity index is 2.20. The van der Waals surface area contributed by atoms with Gasteiger partial charge in [0, 0.05) is 19.3 Å². The number of pyridine rings is 1. The van der Waals surface area contributed by atoms with Crippen LogP contribution in [-0.4, -0.2) is 29.5 Å². The van der Waals surface area contributed by atoms with Gasteiger partial charge in [0.15, 0.2) is 5.82 Å². The normalized spacial score (nSPS) is 15.8. The molecule has 1 saturated heterocycles. The van der Waals surface area contributed by atoms with Gasteiger partial charge < -0.3 is 16.0 Å². The van der Waals surface area contributed by atoms with Gasteiger partial charge in [-0.05, 0) is 38.8 Å². The van der Waals surface area contributed by atoms with E-state index in [1.54, 1.807) is 20.0 Å². The second kappa shape index (κ2) is 4.94. The molecule has 1 fully saturated rings. The zero-order chi connectivity index (χ0) is 13.2. The lowest BCUT2D eigenvalue weighted by atomic mass is 10.1. The minimum Gasteiger partial charge on any atom is -0.355 e. The van der Waals surface area contributed by atoms with Crippen molar-refractivity contribution in [2.75, 3.05) is 23.3 Å². The number of carbonyl (C=O) groups excluding carboxylic acids is 1. The first-order valence-electron chi connectivity index (χ1n) is 6.29. The van der Waals surface area contributed by atoms with Crippen molar-refractivity contribution in [1.82, 2.24) is 4.98 Å². The van der Waals surface area contributed by atoms with Gasteiger partial charge >= 0.3 is 0 Å². The van der Waals surface area contributed by atoms with E-state index in [0.717, 1.165) is 24.6 Å². The summed E-state index contributed by atoms with van der Waals surface area (Å²) in [5, 5.41) is 2.86. The average Bonchev–Trinajstić information content (AvgIpc) is 2.82. The number of nitrogens with two attached hydrogens (primary N) is 1. The predicted octanol–water partition coefficient (Wildman–Crippen LogP) is 1.36. The first-order chi connectivity index (χ1) is 8.48. The fourth-order valence-electron chi connectivity index (χ4n) is 1.96. The maximum absolute atomic E-state index is 11.9. The van der Waals surface area contributed by atoms with Gasteiger partial charge in [-0.2, -0.15) is 0 Å². The van der Waals surface area contributed by atoms with E-state index in [9.17, 15) is 4.79 Å². The molecule has 0 unspecified atom stereocenters. The molecule has 0 atom stereocenters. The Morgan fingerprint density at radius 1 is 1.44 bits per heavy atom. The third-order valence-corrected chi connectivity index (χ3v) is 3.03. The molecule has 1 aromatic rings. The lowest BCUT2D eigenvalue weighted by molar-refractivity contribution is -0.120. The van der Waals surface area contributed by atoms with Crippen molar-refractivity contribution in [3.63, 3.8) is 0 Å². The molecule has 1 aliphatic heterocycles. The summed E-state index contributed by atoms with van der Waals surface area (Å²) in [5.74, 6) is 0.642. The van der Waals surface area contributed by atoms with E-state index in [2.05, 4.69) is 15.2 Å². The Kier molecular flexibility index (Phi) is 3.52. The van der Waals surface area contributed by atoms with E-state index in [4.69, 9.17) is 5.73 Å². The minimum atomic E-state index is -0.891. The maximum Gasteiger partial charge on any atom is 0.243 e. The summed E-state index contributed by atoms with van der Waals surface area (Å²) in [4.78, 5) is 18.5. The van der Waals surface area contributed by atoms with Crippen LogP contribution in [0.1, 0.15) is 26.7 Å². The van der Waals surface area contributed by atoms with Crippen molar-refractivity contribution in [2.24, 2.45) is 5.73 Å². The Morgan fingerprint density at radius 2 is 2.11 bits per heavy atom. The van der Waals surface area contributed by atoms with Gasteiger partial charge in [-0.1, -0.05) is 0 Å². The molecule has 0 saturated carbocycles. The second-order valence-electron chi connectivity index (χ2n) is 5.24. The molecular formula is C13H20N4O. The molecule has 5 heteroatoms. The van der Waals surface area contributed by atoms with Crippen molar-refractivity contribution in [1.29, 1.82) is 0 Å². The summed E-state index contributed by atoms with van der Waals surface area (Å²) in [6.07, 6.45) is 4.09. The van der Waals surface area contributed by atoms with E-state index in [1.807, 2.05) is 12.1 Å². The molecular weight excluding hydrogens is 228 g/mol. The van der Waals surface area contributed by atoms with Crippen LogP contribution in [0.4, 0.5) is 11.5 Å². The molecule has 1 aromatic heterocycles. The van der Waals surface area contributed by atoms with Crippen LogP contribution in [0.5, 0.6) is 0 Å². The van der Waals surface area contributed by atoms with E-state index < -0.39 is 5.54 Å². The molecule has 0 radical (unpaired) electrons. The van der Waals surface area contributed by atoms with Gasteiger partial charge in [-0.25, -0.2) is 4.98 Å². The molecule has 3 N–H and O–H groups in total. The lowest BCUT2D eigenvalue weighted by Crippen LogP contribution is -2.45. The smallest absolute Gasteiger partial charge is 0.243 e. The number of hydrogen-bond acceptors (Lipinski definition) is 4. The van der Waals surface area contributed by atoms with E-state index in [1.165, 1.54) is 12.8 Å². The summed E-state index contributed by atoms with van der Waals surface area (Å²) in [6.45, 7) is 5.36. The van der Waals surface area contributed by atoms with Crippen LogP contribution in [-0.2, 0) is 4.79 Å². The van der Waals surface area contributed by atoms with Crippen LogP contribution in [0.15, 0.2) is 18.3 Å². The number of nitrogens with one attached hydrogen (secondary N) is 1. The molecule has 5 nitrogen and oxygen atoms in total. The van der Waals surface area contributed by atoms with E-state index in [0.29, 0.717) is 0 Å². The van der Waals surface area contributed by atoms with Crippen molar-refractivity contribution < 1.29 is 4.79 Å². The lowest BCUT2D eigenvalue weighted by Gasteiger charge is -2.22. The number of aromatic nitrogens is 1. The van der Waals surface area contributed by atoms with Crippen molar-refractivity contribution >= 4 is 17.4 Å². The topological polar surface area (TPSA) is 71.2 Å². The average molecular weight is 248 g/mol. The Morgan fingerprint density at radius 3 is 2.72 bits per heavy atom. The standard InChI is InChI=1S/C13H20N4O/c1-13(2,14)12(18)16-10-6-5-7-15-11(10)17-8-3-4-9-17/h5-7H,3-4,8-9,14H2,1-2H3,(H,16,18). The third-order valence-electron chi connectivity index (χ3n) is 3.03. The van der Waals surface area contributed by atoms with Crippen LogP contribution < -0.4 is 16.0 Å². The zero-order valence-corrected chi connectivity index (χ0v) is 10.9. The van der Waals surface area contributed by atoms with Gasteiger partial charge in [0.05, 0.1) is 11.2 Å². The molecule has 1 amide bonds. The first-order valence-corrected chi connectivity index (χ1v) is 6.29. The first kappa shape index (κ1) is 12.8. The highest BCUT2D eigenvalue weighted by atomic mass is 16.2. The van der Waals surface area contributed by atoms with Crippen molar-refractivity contribution in [3.05, 3.63) is 18.3 Å². The number of rotatable bonds is 3. The molecule has 0 spiro atoms. The Hall–Kier alpha value is -1.62. The van der Waals surface area contributed by atoms with Crippen LogP contribution in [0, 0.1) is 0 Å². The molecule has 18 heavy (non-hydrogen) atoms. The summed E-state index contributed by atoms with van der Waals surface area (Å²) in [5.41, 5.74) is 5.63. The number of carbonyl (C=O) groups is 1. The van der Waals surface area contributed by atoms with Gasteiger partial charge in [-0.15, -0.1) is 0 Å². The molecule has 0 bridgehead atoms. The Bertz CT molecular complexity index is 433. The monoisotopic (exact) mass is 248 g/mol. The van der Waals surface area contributed by atoms with Crippen LogP contribution in [0.2, 0.25) is 0 Å². The number of anilines is 2. The summed E-state index contributed by atoms with van der Waals surface area (Å²) >= 11 is 0. The number of amides is 1. The summed E-state index contributed by atoms with van der Waals surface area (Å²) < 4.78 is 0. The second-order valence-corrected chi connectivity index (χ2v) is 5.24. The van der Waals surface area contributed by atoms with Crippen molar-refractivity contribution in [2.45, 2.75) is 32.2 Å². The van der Waals surface area contributed by atoms with E-state index >= 15 is 0 Å². The highest BCUT2D eigenvalue weighted by Crippen LogP contribution is 2.26. The minimum absolute atomic E-state index is 0.198. The fraction of sp³-hybridized carbons (Fsp3) is 0.538.